The predicted octanol–water partition coefficient (Wildman–Crippen LogP) is 3.82. The van der Waals surface area contributed by atoms with Gasteiger partial charge in [0.25, 0.3) is 0 Å². The number of nitrogens with two attached hydrogens (primary N) is 1. The summed E-state index contributed by atoms with van der Waals surface area (Å²) in [5, 5.41) is 0.131. The van der Waals surface area contributed by atoms with E-state index in [-0.39, 0.29) is 27.2 Å². The Hall–Kier alpha value is -0.790. The standard InChI is InChI=1S/C13H11BrCl2N2O2S/c14-9-4-2-1-3-8(9)7-18-21(19,20)11-6-5-10(15)13(17)12(11)16/h1-6,18H,7,17H2. The lowest BCUT2D eigenvalue weighted by atomic mass is 10.2. The first-order valence-corrected chi connectivity index (χ1v) is 8.82. The SMILES string of the molecule is Nc1c(Cl)ccc(S(=O)(=O)NCc2ccccc2Br)c1Cl. The molecule has 0 aromatic heterocycles. The molecule has 2 rings (SSSR count). The monoisotopic (exact) mass is 408 g/mol. The van der Waals surface area contributed by atoms with E-state index in [9.17, 15) is 8.42 Å². The summed E-state index contributed by atoms with van der Waals surface area (Å²) in [6.07, 6.45) is 0. The van der Waals surface area contributed by atoms with Crippen molar-refractivity contribution >= 4 is 54.8 Å². The van der Waals surface area contributed by atoms with Gasteiger partial charge in [0.15, 0.2) is 0 Å². The minimum atomic E-state index is -3.79. The Balaban J connectivity index is 2.28. The van der Waals surface area contributed by atoms with Crippen molar-refractivity contribution in [2.75, 3.05) is 5.73 Å². The van der Waals surface area contributed by atoms with Gasteiger partial charge in [-0.2, -0.15) is 0 Å². The van der Waals surface area contributed by atoms with Crippen LogP contribution in [0.25, 0.3) is 0 Å². The van der Waals surface area contributed by atoms with E-state index in [2.05, 4.69) is 20.7 Å². The molecule has 0 heterocycles. The number of hydrogen-bond donors (Lipinski definition) is 2. The lowest BCUT2D eigenvalue weighted by Crippen LogP contribution is -2.24. The van der Waals surface area contributed by atoms with Crippen LogP contribution in [0.2, 0.25) is 10.0 Å². The third kappa shape index (κ3) is 3.70. The molecule has 0 spiro atoms. The molecule has 0 fully saturated rings. The second kappa shape index (κ2) is 6.54. The van der Waals surface area contributed by atoms with E-state index in [4.69, 9.17) is 28.9 Å². The minimum Gasteiger partial charge on any atom is -0.396 e. The van der Waals surface area contributed by atoms with Crippen molar-refractivity contribution in [1.29, 1.82) is 0 Å². The number of rotatable bonds is 4. The molecule has 8 heteroatoms. The Kier molecular flexibility index (Phi) is 5.16. The van der Waals surface area contributed by atoms with E-state index in [1.54, 1.807) is 0 Å². The molecular weight excluding hydrogens is 399 g/mol. The Morgan fingerprint density at radius 1 is 1.14 bits per heavy atom. The minimum absolute atomic E-state index is 0.0436. The Labute approximate surface area is 141 Å². The van der Waals surface area contributed by atoms with Gasteiger partial charge in [0.1, 0.15) is 4.90 Å². The van der Waals surface area contributed by atoms with Crippen LogP contribution in [0.1, 0.15) is 5.56 Å². The number of halogens is 3. The summed E-state index contributed by atoms with van der Waals surface area (Å²) in [6.45, 7) is 0.128. The van der Waals surface area contributed by atoms with Crippen molar-refractivity contribution in [3.63, 3.8) is 0 Å². The zero-order chi connectivity index (χ0) is 15.6. The first-order valence-electron chi connectivity index (χ1n) is 5.79. The maximum atomic E-state index is 12.3. The fourth-order valence-electron chi connectivity index (χ4n) is 1.65. The zero-order valence-corrected chi connectivity index (χ0v) is 14.5. The highest BCUT2D eigenvalue weighted by Crippen LogP contribution is 2.33. The molecule has 0 atom stereocenters. The summed E-state index contributed by atoms with van der Waals surface area (Å²) >= 11 is 15.1. The van der Waals surface area contributed by atoms with E-state index in [0.717, 1.165) is 10.0 Å². The Morgan fingerprint density at radius 2 is 1.81 bits per heavy atom. The zero-order valence-electron chi connectivity index (χ0n) is 10.6. The van der Waals surface area contributed by atoms with Gasteiger partial charge in [-0.1, -0.05) is 57.3 Å². The number of benzene rings is 2. The summed E-state index contributed by atoms with van der Waals surface area (Å²) in [5.41, 5.74) is 6.50. The number of hydrogen-bond acceptors (Lipinski definition) is 3. The molecule has 0 saturated heterocycles. The third-order valence-electron chi connectivity index (χ3n) is 2.79. The molecule has 0 aliphatic heterocycles. The second-order valence-electron chi connectivity index (χ2n) is 4.19. The number of sulfonamides is 1. The molecule has 0 amide bonds. The van der Waals surface area contributed by atoms with Crippen LogP contribution in [0.3, 0.4) is 0 Å². The summed E-state index contributed by atoms with van der Waals surface area (Å²) in [6, 6.07) is 10.0. The first kappa shape index (κ1) is 16.6. The van der Waals surface area contributed by atoms with Gasteiger partial charge in [-0.3, -0.25) is 0 Å². The largest absolute Gasteiger partial charge is 0.396 e. The highest BCUT2D eigenvalue weighted by molar-refractivity contribution is 9.10. The molecule has 0 saturated carbocycles. The molecule has 3 N–H and O–H groups in total. The van der Waals surface area contributed by atoms with Crippen molar-refractivity contribution in [2.45, 2.75) is 11.4 Å². The van der Waals surface area contributed by atoms with Gasteiger partial charge in [-0.25, -0.2) is 13.1 Å². The van der Waals surface area contributed by atoms with Crippen LogP contribution in [0.15, 0.2) is 45.8 Å². The molecule has 2 aromatic rings. The molecule has 0 bridgehead atoms. The Morgan fingerprint density at radius 3 is 2.48 bits per heavy atom. The number of nitrogens with one attached hydrogen (secondary N) is 1. The number of nitrogen functional groups attached to an aromatic ring is 1. The molecule has 0 aliphatic carbocycles. The van der Waals surface area contributed by atoms with Gasteiger partial charge in [0.2, 0.25) is 10.0 Å². The average Bonchev–Trinajstić information content (AvgIpc) is 2.44. The highest BCUT2D eigenvalue weighted by Gasteiger charge is 2.20. The van der Waals surface area contributed by atoms with E-state index < -0.39 is 10.0 Å². The maximum absolute atomic E-state index is 12.3. The lowest BCUT2D eigenvalue weighted by Gasteiger charge is -2.11. The topological polar surface area (TPSA) is 72.2 Å². The maximum Gasteiger partial charge on any atom is 0.242 e. The first-order chi connectivity index (χ1) is 9.83. The molecule has 4 nitrogen and oxygen atoms in total. The Bertz CT molecular complexity index is 782. The molecule has 0 unspecified atom stereocenters. The normalized spacial score (nSPS) is 11.6. The molecule has 21 heavy (non-hydrogen) atoms. The van der Waals surface area contributed by atoms with Gasteiger partial charge < -0.3 is 5.73 Å². The smallest absolute Gasteiger partial charge is 0.242 e. The average molecular weight is 410 g/mol. The van der Waals surface area contributed by atoms with Gasteiger partial charge in [0, 0.05) is 11.0 Å². The molecule has 0 aliphatic rings. The van der Waals surface area contributed by atoms with Crippen LogP contribution in [0.4, 0.5) is 5.69 Å². The van der Waals surface area contributed by atoms with E-state index >= 15 is 0 Å². The highest BCUT2D eigenvalue weighted by atomic mass is 79.9. The lowest BCUT2D eigenvalue weighted by molar-refractivity contribution is 0.581. The van der Waals surface area contributed by atoms with E-state index in [1.165, 1.54) is 12.1 Å². The van der Waals surface area contributed by atoms with Gasteiger partial charge in [0.05, 0.1) is 15.7 Å². The van der Waals surface area contributed by atoms with Crippen molar-refractivity contribution in [2.24, 2.45) is 0 Å². The van der Waals surface area contributed by atoms with Crippen molar-refractivity contribution in [1.82, 2.24) is 4.72 Å². The quantitative estimate of drug-likeness (QED) is 0.754. The van der Waals surface area contributed by atoms with Gasteiger partial charge in [-0.15, -0.1) is 0 Å². The second-order valence-corrected chi connectivity index (χ2v) is 7.56. The van der Waals surface area contributed by atoms with Crippen LogP contribution in [0, 0.1) is 0 Å². The molecular formula is C13H11BrCl2N2O2S. The van der Waals surface area contributed by atoms with Crippen LogP contribution in [-0.4, -0.2) is 8.42 Å². The predicted molar refractivity (Wildman–Crippen MR) is 89.0 cm³/mol. The fraction of sp³-hybridized carbons (Fsp3) is 0.0769. The molecule has 2 aromatic carbocycles. The van der Waals surface area contributed by atoms with Crippen molar-refractivity contribution in [3.05, 3.63) is 56.5 Å². The fourth-order valence-corrected chi connectivity index (χ4v) is 3.84. The van der Waals surface area contributed by atoms with E-state index in [0.29, 0.717) is 0 Å². The van der Waals surface area contributed by atoms with Crippen LogP contribution in [0.5, 0.6) is 0 Å². The number of anilines is 1. The summed E-state index contributed by atoms with van der Waals surface area (Å²) < 4.78 is 27.9. The summed E-state index contributed by atoms with van der Waals surface area (Å²) in [4.78, 5) is -0.0990. The molecule has 0 radical (unpaired) electrons. The van der Waals surface area contributed by atoms with Gasteiger partial charge in [-0.05, 0) is 23.8 Å². The van der Waals surface area contributed by atoms with E-state index in [1.807, 2.05) is 24.3 Å². The summed E-state index contributed by atoms with van der Waals surface area (Å²) in [5.74, 6) is 0. The van der Waals surface area contributed by atoms with Crippen LogP contribution >= 0.6 is 39.1 Å². The summed E-state index contributed by atoms with van der Waals surface area (Å²) in [7, 11) is -3.79. The van der Waals surface area contributed by atoms with Crippen molar-refractivity contribution < 1.29 is 8.42 Å². The van der Waals surface area contributed by atoms with Crippen LogP contribution < -0.4 is 10.5 Å². The van der Waals surface area contributed by atoms with Crippen molar-refractivity contribution in [3.8, 4) is 0 Å². The third-order valence-corrected chi connectivity index (χ3v) is 5.86. The van der Waals surface area contributed by atoms with Gasteiger partial charge >= 0.3 is 0 Å². The van der Waals surface area contributed by atoms with Crippen LogP contribution in [-0.2, 0) is 16.6 Å². The molecule has 112 valence electrons.